The van der Waals surface area contributed by atoms with Crippen LogP contribution in [0, 0.1) is 0 Å². The Labute approximate surface area is 176 Å². The third-order valence-corrected chi connectivity index (χ3v) is 5.28. The van der Waals surface area contributed by atoms with Crippen LogP contribution in [0.15, 0.2) is 70.5 Å². The highest BCUT2D eigenvalue weighted by Gasteiger charge is 2.23. The topological polar surface area (TPSA) is 83.8 Å². The fourth-order valence-electron chi connectivity index (χ4n) is 2.64. The molecule has 0 bridgehead atoms. The first kappa shape index (κ1) is 20.8. The molecule has 7 heteroatoms. The average Bonchev–Trinajstić information content (AvgIpc) is 2.71. The van der Waals surface area contributed by atoms with Crippen molar-refractivity contribution in [1.29, 1.82) is 0 Å². The van der Waals surface area contributed by atoms with Gasteiger partial charge >= 0.3 is 5.97 Å². The summed E-state index contributed by atoms with van der Waals surface area (Å²) in [7, 11) is 0. The maximum atomic E-state index is 13.0. The van der Waals surface area contributed by atoms with Crippen molar-refractivity contribution >= 4 is 35.1 Å². The van der Waals surface area contributed by atoms with E-state index < -0.39 is 11.8 Å². The van der Waals surface area contributed by atoms with Gasteiger partial charge in [-0.1, -0.05) is 41.6 Å². The molecule has 148 valence electrons. The van der Waals surface area contributed by atoms with E-state index in [1.165, 1.54) is 42.1 Å². The molecule has 0 atom stereocenters. The van der Waals surface area contributed by atoms with Crippen LogP contribution < -0.4 is 0 Å². The minimum Gasteiger partial charge on any atom is -0.507 e. The fraction of sp³-hybridized carbons (Fsp3) is 0.0909. The Morgan fingerprint density at radius 3 is 2.41 bits per heavy atom. The van der Waals surface area contributed by atoms with Gasteiger partial charge in [0.1, 0.15) is 17.1 Å². The Bertz CT molecular complexity index is 1070. The summed E-state index contributed by atoms with van der Waals surface area (Å²) < 4.78 is 5.01. The van der Waals surface area contributed by atoms with Crippen LogP contribution in [0.2, 0.25) is 5.02 Å². The van der Waals surface area contributed by atoms with E-state index in [9.17, 15) is 19.8 Å². The van der Waals surface area contributed by atoms with E-state index >= 15 is 0 Å². The molecule has 0 saturated heterocycles. The normalized spacial score (nSPS) is 10.6. The molecule has 0 spiro atoms. The number of carbonyl (C=O) groups is 2. The van der Waals surface area contributed by atoms with E-state index in [1.54, 1.807) is 6.92 Å². The lowest BCUT2D eigenvalue weighted by Gasteiger charge is -2.12. The molecule has 0 aliphatic rings. The second-order valence-corrected chi connectivity index (χ2v) is 7.55. The van der Waals surface area contributed by atoms with Crippen LogP contribution in [0.3, 0.4) is 0 Å². The van der Waals surface area contributed by atoms with Crippen molar-refractivity contribution in [2.24, 2.45) is 0 Å². The third kappa shape index (κ3) is 4.72. The van der Waals surface area contributed by atoms with E-state index in [0.29, 0.717) is 4.90 Å². The van der Waals surface area contributed by atoms with Gasteiger partial charge in [0.15, 0.2) is 5.78 Å². The number of ketones is 1. The molecule has 0 aromatic heterocycles. The van der Waals surface area contributed by atoms with Gasteiger partial charge in [-0.05, 0) is 49.4 Å². The number of ether oxygens (including phenoxy) is 1. The first-order valence-electron chi connectivity index (χ1n) is 8.71. The predicted molar refractivity (Wildman–Crippen MR) is 111 cm³/mol. The molecule has 0 saturated carbocycles. The van der Waals surface area contributed by atoms with Crippen molar-refractivity contribution in [2.45, 2.75) is 16.7 Å². The average molecular weight is 429 g/mol. The molecular formula is C22H17ClO5S. The minimum atomic E-state index is -0.745. The van der Waals surface area contributed by atoms with Crippen LogP contribution in [0.1, 0.15) is 33.2 Å². The number of aromatic hydroxyl groups is 2. The zero-order chi connectivity index (χ0) is 21.0. The van der Waals surface area contributed by atoms with E-state index in [0.717, 1.165) is 4.90 Å². The highest BCUT2D eigenvalue weighted by atomic mass is 35.5. The molecule has 3 aromatic rings. The number of phenolic OH excluding ortho intramolecular Hbond substituents is 2. The minimum absolute atomic E-state index is 0.00587. The summed E-state index contributed by atoms with van der Waals surface area (Å²) in [5, 5.41) is 21.0. The largest absolute Gasteiger partial charge is 0.507 e. The van der Waals surface area contributed by atoms with Crippen LogP contribution >= 0.6 is 23.4 Å². The number of phenols is 2. The Morgan fingerprint density at radius 2 is 1.72 bits per heavy atom. The van der Waals surface area contributed by atoms with Crippen LogP contribution in [-0.4, -0.2) is 28.6 Å². The zero-order valence-electron chi connectivity index (χ0n) is 15.4. The number of hydrogen-bond donors (Lipinski definition) is 2. The van der Waals surface area contributed by atoms with Crippen molar-refractivity contribution in [3.63, 3.8) is 0 Å². The lowest BCUT2D eigenvalue weighted by Crippen LogP contribution is -2.09. The summed E-state index contributed by atoms with van der Waals surface area (Å²) in [4.78, 5) is 26.5. The molecule has 3 rings (SSSR count). The van der Waals surface area contributed by atoms with Crippen LogP contribution in [0.25, 0.3) is 0 Å². The van der Waals surface area contributed by atoms with Crippen molar-refractivity contribution in [3.8, 4) is 11.5 Å². The molecule has 0 heterocycles. The van der Waals surface area contributed by atoms with Crippen molar-refractivity contribution in [3.05, 3.63) is 82.4 Å². The van der Waals surface area contributed by atoms with Crippen molar-refractivity contribution < 1.29 is 24.5 Å². The van der Waals surface area contributed by atoms with E-state index in [1.807, 2.05) is 30.3 Å². The van der Waals surface area contributed by atoms with E-state index in [2.05, 4.69) is 0 Å². The van der Waals surface area contributed by atoms with Gasteiger partial charge in [0.2, 0.25) is 0 Å². The second-order valence-electron chi connectivity index (χ2n) is 6.00. The summed E-state index contributed by atoms with van der Waals surface area (Å²) in [6.45, 7) is 1.76. The Hall–Kier alpha value is -2.96. The fourth-order valence-corrected chi connectivity index (χ4v) is 3.75. The summed E-state index contributed by atoms with van der Waals surface area (Å²) in [6.07, 6.45) is 0. The molecule has 0 aliphatic carbocycles. The van der Waals surface area contributed by atoms with Gasteiger partial charge in [-0.15, -0.1) is 0 Å². The second kappa shape index (κ2) is 9.03. The quantitative estimate of drug-likeness (QED) is 0.409. The molecule has 5 nitrogen and oxygen atoms in total. The van der Waals surface area contributed by atoms with Gasteiger partial charge in [-0.25, -0.2) is 4.79 Å². The smallest absolute Gasteiger partial charge is 0.341 e. The summed E-state index contributed by atoms with van der Waals surface area (Å²) in [6, 6.07) is 16.1. The predicted octanol–water partition coefficient (Wildman–Crippen LogP) is 5.31. The maximum Gasteiger partial charge on any atom is 0.341 e. The lowest BCUT2D eigenvalue weighted by atomic mass is 10.00. The van der Waals surface area contributed by atoms with Gasteiger partial charge in [-0.3, -0.25) is 4.79 Å². The number of hydrogen-bond acceptors (Lipinski definition) is 6. The standard InChI is InChI=1S/C22H17ClO5S/c1-2-28-22(27)17-10-13(20(25)16-12-14(23)8-9-18(16)24)11-19(21(17)26)29-15-6-4-3-5-7-15/h3-12,24,26H,2H2,1H3. The third-order valence-electron chi connectivity index (χ3n) is 4.01. The van der Waals surface area contributed by atoms with Crippen LogP contribution in [0.4, 0.5) is 0 Å². The van der Waals surface area contributed by atoms with Crippen molar-refractivity contribution in [2.75, 3.05) is 6.61 Å². The zero-order valence-corrected chi connectivity index (χ0v) is 17.0. The summed E-state index contributed by atoms with van der Waals surface area (Å²) >= 11 is 7.15. The van der Waals surface area contributed by atoms with Gasteiger partial charge in [0.05, 0.1) is 17.1 Å². The van der Waals surface area contributed by atoms with Crippen molar-refractivity contribution in [1.82, 2.24) is 0 Å². The monoisotopic (exact) mass is 428 g/mol. The first-order valence-corrected chi connectivity index (χ1v) is 9.90. The molecular weight excluding hydrogens is 412 g/mol. The number of rotatable bonds is 6. The highest BCUT2D eigenvalue weighted by molar-refractivity contribution is 7.99. The van der Waals surface area contributed by atoms with Gasteiger partial charge in [0, 0.05) is 15.5 Å². The molecule has 29 heavy (non-hydrogen) atoms. The molecule has 0 radical (unpaired) electrons. The number of esters is 1. The molecule has 0 unspecified atom stereocenters. The highest BCUT2D eigenvalue weighted by Crippen LogP contribution is 2.38. The van der Waals surface area contributed by atoms with Crippen LogP contribution in [-0.2, 0) is 4.74 Å². The Morgan fingerprint density at radius 1 is 1.00 bits per heavy atom. The first-order chi connectivity index (χ1) is 13.9. The van der Waals surface area contributed by atoms with Gasteiger partial charge < -0.3 is 14.9 Å². The Balaban J connectivity index is 2.12. The SMILES string of the molecule is CCOC(=O)c1cc(C(=O)c2cc(Cl)ccc2O)cc(Sc2ccccc2)c1O. The molecule has 0 aliphatic heterocycles. The van der Waals surface area contributed by atoms with E-state index in [-0.39, 0.29) is 39.8 Å². The summed E-state index contributed by atoms with van der Waals surface area (Å²) in [5.74, 6) is -1.79. The maximum absolute atomic E-state index is 13.0. The molecule has 0 fully saturated rings. The number of halogens is 1. The molecule has 2 N–H and O–H groups in total. The lowest BCUT2D eigenvalue weighted by molar-refractivity contribution is 0.0522. The summed E-state index contributed by atoms with van der Waals surface area (Å²) in [5.41, 5.74) is -0.0202. The molecule has 0 amide bonds. The van der Waals surface area contributed by atoms with Crippen LogP contribution in [0.5, 0.6) is 11.5 Å². The van der Waals surface area contributed by atoms with Gasteiger partial charge in [0.25, 0.3) is 0 Å². The number of benzene rings is 3. The van der Waals surface area contributed by atoms with Gasteiger partial charge in [-0.2, -0.15) is 0 Å². The number of carbonyl (C=O) groups excluding carboxylic acids is 2. The Kier molecular flexibility index (Phi) is 6.46. The molecule has 3 aromatic carbocycles. The van der Waals surface area contributed by atoms with E-state index in [4.69, 9.17) is 16.3 Å².